The summed E-state index contributed by atoms with van der Waals surface area (Å²) in [6.45, 7) is 2.22. The van der Waals surface area contributed by atoms with Gasteiger partial charge in [0.05, 0.1) is 4.90 Å². The topological polar surface area (TPSA) is 58.2 Å². The predicted molar refractivity (Wildman–Crippen MR) is 74.9 cm³/mol. The van der Waals surface area contributed by atoms with E-state index in [2.05, 4.69) is 26.0 Å². The van der Waals surface area contributed by atoms with Crippen molar-refractivity contribution in [2.24, 2.45) is 5.92 Å². The van der Waals surface area contributed by atoms with Gasteiger partial charge in [-0.1, -0.05) is 0 Å². The van der Waals surface area contributed by atoms with Crippen LogP contribution in [0.15, 0.2) is 27.6 Å². The van der Waals surface area contributed by atoms with Crippen LogP contribution in [-0.4, -0.2) is 28.1 Å². The van der Waals surface area contributed by atoms with E-state index in [0.717, 1.165) is 38.1 Å². The molecule has 0 radical (unpaired) electrons. The van der Waals surface area contributed by atoms with Crippen molar-refractivity contribution in [1.29, 1.82) is 0 Å². The van der Waals surface area contributed by atoms with Gasteiger partial charge in [0, 0.05) is 11.0 Å². The minimum Gasteiger partial charge on any atom is -0.316 e. The smallest absolute Gasteiger partial charge is 0.241 e. The Morgan fingerprint density at radius 1 is 1.47 bits per heavy atom. The van der Waals surface area contributed by atoms with Crippen LogP contribution in [0.3, 0.4) is 0 Å². The summed E-state index contributed by atoms with van der Waals surface area (Å²) < 4.78 is 40.0. The minimum atomic E-state index is -3.60. The van der Waals surface area contributed by atoms with E-state index in [-0.39, 0.29) is 9.37 Å². The molecule has 0 spiro atoms. The summed E-state index contributed by atoms with van der Waals surface area (Å²) >= 11 is 3.08. The fraction of sp³-hybridized carbons (Fsp3) is 0.500. The Bertz CT molecular complexity index is 545. The average Bonchev–Trinajstić information content (AvgIpc) is 2.37. The van der Waals surface area contributed by atoms with Gasteiger partial charge in [-0.25, -0.2) is 17.5 Å². The second kappa shape index (κ2) is 6.30. The number of hydrogen-bond acceptors (Lipinski definition) is 3. The maximum absolute atomic E-state index is 13.0. The molecule has 2 rings (SSSR count). The molecule has 4 nitrogen and oxygen atoms in total. The van der Waals surface area contributed by atoms with Crippen LogP contribution < -0.4 is 10.0 Å². The van der Waals surface area contributed by atoms with E-state index in [1.54, 1.807) is 0 Å². The third-order valence-corrected chi connectivity index (χ3v) is 5.54. The van der Waals surface area contributed by atoms with E-state index >= 15 is 0 Å². The van der Waals surface area contributed by atoms with Gasteiger partial charge >= 0.3 is 0 Å². The molecule has 1 unspecified atom stereocenters. The Balaban J connectivity index is 2.05. The molecule has 1 aromatic carbocycles. The van der Waals surface area contributed by atoms with Crippen molar-refractivity contribution in [1.82, 2.24) is 10.0 Å². The first kappa shape index (κ1) is 14.9. The van der Waals surface area contributed by atoms with Crippen molar-refractivity contribution in [3.8, 4) is 0 Å². The van der Waals surface area contributed by atoms with E-state index in [9.17, 15) is 12.8 Å². The third-order valence-electron chi connectivity index (χ3n) is 3.14. The zero-order chi connectivity index (χ0) is 13.9. The molecular formula is C12H16BrFN2O2S. The highest BCUT2D eigenvalue weighted by atomic mass is 79.9. The average molecular weight is 351 g/mol. The van der Waals surface area contributed by atoms with Gasteiger partial charge < -0.3 is 5.32 Å². The Kier molecular flexibility index (Phi) is 4.94. The Morgan fingerprint density at radius 3 is 2.89 bits per heavy atom. The molecule has 1 aromatic rings. The molecule has 7 heteroatoms. The Morgan fingerprint density at radius 2 is 2.26 bits per heavy atom. The Labute approximate surface area is 121 Å². The number of nitrogens with one attached hydrogen (secondary N) is 2. The van der Waals surface area contributed by atoms with E-state index in [4.69, 9.17) is 0 Å². The lowest BCUT2D eigenvalue weighted by atomic mass is 10.0. The molecule has 19 heavy (non-hydrogen) atoms. The fourth-order valence-corrected chi connectivity index (χ4v) is 4.26. The predicted octanol–water partition coefficient (Wildman–Crippen LogP) is 1.87. The van der Waals surface area contributed by atoms with E-state index in [1.165, 1.54) is 6.07 Å². The summed E-state index contributed by atoms with van der Waals surface area (Å²) in [7, 11) is -3.60. The highest BCUT2D eigenvalue weighted by molar-refractivity contribution is 9.10. The van der Waals surface area contributed by atoms with Crippen molar-refractivity contribution in [3.05, 3.63) is 28.5 Å². The number of halogens is 2. The number of piperidine rings is 1. The maximum atomic E-state index is 13.0. The van der Waals surface area contributed by atoms with Gasteiger partial charge in [-0.15, -0.1) is 0 Å². The molecule has 0 bridgehead atoms. The number of benzene rings is 1. The van der Waals surface area contributed by atoms with Crippen LogP contribution in [-0.2, 0) is 10.0 Å². The lowest BCUT2D eigenvalue weighted by molar-refractivity contribution is 0.376. The zero-order valence-electron chi connectivity index (χ0n) is 10.3. The van der Waals surface area contributed by atoms with Crippen LogP contribution in [0, 0.1) is 11.7 Å². The monoisotopic (exact) mass is 350 g/mol. The van der Waals surface area contributed by atoms with Crippen molar-refractivity contribution >= 4 is 26.0 Å². The van der Waals surface area contributed by atoms with Gasteiger partial charge in [-0.3, -0.25) is 0 Å². The highest BCUT2D eigenvalue weighted by Gasteiger charge is 2.20. The van der Waals surface area contributed by atoms with Crippen LogP contribution in [0.25, 0.3) is 0 Å². The van der Waals surface area contributed by atoms with Crippen molar-refractivity contribution in [2.75, 3.05) is 19.6 Å². The second-order valence-electron chi connectivity index (χ2n) is 4.64. The van der Waals surface area contributed by atoms with E-state index in [1.807, 2.05) is 0 Å². The molecule has 1 aliphatic rings. The van der Waals surface area contributed by atoms with Crippen molar-refractivity contribution < 1.29 is 12.8 Å². The summed E-state index contributed by atoms with van der Waals surface area (Å²) in [6.07, 6.45) is 2.08. The van der Waals surface area contributed by atoms with Gasteiger partial charge in [0.1, 0.15) is 5.82 Å². The molecule has 106 valence electrons. The molecule has 1 heterocycles. The molecular weight excluding hydrogens is 335 g/mol. The summed E-state index contributed by atoms with van der Waals surface area (Å²) in [4.78, 5) is 0.0673. The lowest BCUT2D eigenvalue weighted by Crippen LogP contribution is -2.38. The molecule has 0 aromatic heterocycles. The largest absolute Gasteiger partial charge is 0.316 e. The highest BCUT2D eigenvalue weighted by Crippen LogP contribution is 2.22. The third kappa shape index (κ3) is 3.98. The minimum absolute atomic E-state index is 0.0673. The first-order valence-corrected chi connectivity index (χ1v) is 8.42. The van der Waals surface area contributed by atoms with Crippen LogP contribution in [0.5, 0.6) is 0 Å². The summed E-state index contributed by atoms with van der Waals surface area (Å²) in [5.41, 5.74) is 0. The normalized spacial score (nSPS) is 20.4. The zero-order valence-corrected chi connectivity index (χ0v) is 12.7. The van der Waals surface area contributed by atoms with Crippen LogP contribution in [0.1, 0.15) is 12.8 Å². The molecule has 2 N–H and O–H groups in total. The molecule has 1 aliphatic heterocycles. The molecule has 1 fully saturated rings. The molecule has 1 saturated heterocycles. The number of sulfonamides is 1. The van der Waals surface area contributed by atoms with Crippen LogP contribution in [0.2, 0.25) is 0 Å². The summed E-state index contributed by atoms with van der Waals surface area (Å²) in [6, 6.07) is 3.55. The summed E-state index contributed by atoms with van der Waals surface area (Å²) in [5.74, 6) is -0.162. The van der Waals surface area contributed by atoms with Gasteiger partial charge in [0.15, 0.2) is 0 Å². The molecule has 1 atom stereocenters. The fourth-order valence-electron chi connectivity index (χ4n) is 2.10. The summed E-state index contributed by atoms with van der Waals surface area (Å²) in [5, 5.41) is 3.24. The molecule has 0 amide bonds. The first-order chi connectivity index (χ1) is 8.99. The van der Waals surface area contributed by atoms with Crippen LogP contribution >= 0.6 is 15.9 Å². The van der Waals surface area contributed by atoms with Gasteiger partial charge in [0.2, 0.25) is 10.0 Å². The lowest BCUT2D eigenvalue weighted by Gasteiger charge is -2.22. The van der Waals surface area contributed by atoms with Crippen molar-refractivity contribution in [2.45, 2.75) is 17.7 Å². The van der Waals surface area contributed by atoms with Crippen molar-refractivity contribution in [3.63, 3.8) is 0 Å². The molecule has 0 saturated carbocycles. The van der Waals surface area contributed by atoms with Gasteiger partial charge in [-0.05, 0) is 66.0 Å². The first-order valence-electron chi connectivity index (χ1n) is 6.14. The quantitative estimate of drug-likeness (QED) is 0.871. The van der Waals surface area contributed by atoms with Crippen LogP contribution in [0.4, 0.5) is 4.39 Å². The second-order valence-corrected chi connectivity index (χ2v) is 7.23. The van der Waals surface area contributed by atoms with Gasteiger partial charge in [-0.2, -0.15) is 0 Å². The Hall–Kier alpha value is -0.500. The van der Waals surface area contributed by atoms with Gasteiger partial charge in [0.25, 0.3) is 0 Å². The number of hydrogen-bond donors (Lipinski definition) is 2. The SMILES string of the molecule is O=S(=O)(NCC1CCCNC1)c1ccc(F)cc1Br. The van der Waals surface area contributed by atoms with E-state index in [0.29, 0.717) is 12.5 Å². The standard InChI is InChI=1S/C12H16BrFN2O2S/c13-11-6-10(14)3-4-12(11)19(17,18)16-8-9-2-1-5-15-7-9/h3-4,6,9,15-16H,1-2,5,7-8H2. The number of rotatable bonds is 4. The maximum Gasteiger partial charge on any atom is 0.241 e. The molecule has 0 aliphatic carbocycles. The van der Waals surface area contributed by atoms with E-state index < -0.39 is 15.8 Å².